The van der Waals surface area contributed by atoms with E-state index >= 15 is 0 Å². The van der Waals surface area contributed by atoms with Crippen LogP contribution in [0.15, 0.2) is 24.3 Å². The Morgan fingerprint density at radius 1 is 1.20 bits per heavy atom. The molecule has 3 rings (SSSR count). The van der Waals surface area contributed by atoms with E-state index in [0.717, 1.165) is 57.2 Å². The van der Waals surface area contributed by atoms with Gasteiger partial charge < -0.3 is 24.6 Å². The number of β-amino-alcohol motifs (C(OH)–C–C–N with tert-alkyl or cyclic N) is 1. The molecule has 2 aromatic rings. The molecule has 0 saturated carbocycles. The van der Waals surface area contributed by atoms with Crippen molar-refractivity contribution in [3.63, 3.8) is 0 Å². The summed E-state index contributed by atoms with van der Waals surface area (Å²) >= 11 is 0. The predicted molar refractivity (Wildman–Crippen MR) is 115 cm³/mol. The number of rotatable bonds is 11. The molecule has 0 unspecified atom stereocenters. The normalized spacial score (nSPS) is 15.9. The number of nitrogens with zero attached hydrogens (tertiary/aromatic N) is 3. The van der Waals surface area contributed by atoms with E-state index in [1.807, 2.05) is 29.8 Å². The second-order valence-corrected chi connectivity index (χ2v) is 7.69. The van der Waals surface area contributed by atoms with Crippen LogP contribution in [0.5, 0.6) is 11.5 Å². The molecule has 1 fully saturated rings. The van der Waals surface area contributed by atoms with Crippen LogP contribution in [-0.2, 0) is 17.8 Å². The number of ether oxygens (including phenoxy) is 3. The number of benzene rings is 1. The van der Waals surface area contributed by atoms with Crippen molar-refractivity contribution in [3.8, 4) is 11.5 Å². The molecule has 0 spiro atoms. The summed E-state index contributed by atoms with van der Waals surface area (Å²) in [7, 11) is 1.63. The summed E-state index contributed by atoms with van der Waals surface area (Å²) in [5.74, 6) is 1.32. The Labute approximate surface area is 178 Å². The number of morpholine rings is 1. The first-order chi connectivity index (χ1) is 14.5. The first-order valence-electron chi connectivity index (χ1n) is 10.5. The lowest BCUT2D eigenvalue weighted by Crippen LogP contribution is -2.42. The average Bonchev–Trinajstić information content (AvgIpc) is 3.07. The summed E-state index contributed by atoms with van der Waals surface area (Å²) in [5, 5.41) is 18.2. The monoisotopic (exact) mass is 418 g/mol. The highest BCUT2D eigenvalue weighted by atomic mass is 16.5. The van der Waals surface area contributed by atoms with Crippen LogP contribution in [0.1, 0.15) is 17.0 Å². The van der Waals surface area contributed by atoms with Crippen LogP contribution in [0, 0.1) is 13.8 Å². The largest absolute Gasteiger partial charge is 0.493 e. The number of aliphatic hydroxyl groups is 1. The average molecular weight is 419 g/mol. The molecule has 1 atom stereocenters. The smallest absolute Gasteiger partial charge is 0.161 e. The summed E-state index contributed by atoms with van der Waals surface area (Å²) < 4.78 is 18.7. The van der Waals surface area contributed by atoms with Gasteiger partial charge in [-0.3, -0.25) is 9.58 Å². The SMILES string of the molecule is COc1cc(CNCCn2nc(C)cc2C)ccc1OC[C@H](O)CN1CCOCC1. The van der Waals surface area contributed by atoms with E-state index < -0.39 is 6.10 Å². The van der Waals surface area contributed by atoms with Crippen molar-refractivity contribution in [2.24, 2.45) is 0 Å². The zero-order chi connectivity index (χ0) is 21.3. The van der Waals surface area contributed by atoms with Crippen molar-refractivity contribution < 1.29 is 19.3 Å². The molecular formula is C22H34N4O4. The van der Waals surface area contributed by atoms with Gasteiger partial charge in [0.25, 0.3) is 0 Å². The highest BCUT2D eigenvalue weighted by Crippen LogP contribution is 2.28. The standard InChI is InChI=1S/C22H34N4O4/c1-17-12-18(2)26(24-17)7-6-23-14-19-4-5-21(22(13-19)28-3)30-16-20(27)15-25-8-10-29-11-9-25/h4-5,12-13,20,23,27H,6-11,14-16H2,1-3H3/t20-/m1/s1. The maximum atomic E-state index is 10.3. The minimum absolute atomic E-state index is 0.230. The third kappa shape index (κ3) is 6.70. The summed E-state index contributed by atoms with van der Waals surface area (Å²) in [4.78, 5) is 2.19. The number of methoxy groups -OCH3 is 1. The second kappa shape index (κ2) is 11.3. The van der Waals surface area contributed by atoms with E-state index in [-0.39, 0.29) is 6.61 Å². The van der Waals surface area contributed by atoms with Crippen molar-refractivity contribution in [2.75, 3.05) is 53.1 Å². The Morgan fingerprint density at radius 2 is 2.00 bits per heavy atom. The molecule has 1 aliphatic heterocycles. The molecule has 1 aromatic carbocycles. The Balaban J connectivity index is 1.43. The minimum Gasteiger partial charge on any atom is -0.493 e. The van der Waals surface area contributed by atoms with Gasteiger partial charge in [-0.05, 0) is 37.6 Å². The van der Waals surface area contributed by atoms with E-state index in [1.165, 1.54) is 5.69 Å². The van der Waals surface area contributed by atoms with Crippen LogP contribution >= 0.6 is 0 Å². The van der Waals surface area contributed by atoms with Crippen molar-refractivity contribution >= 4 is 0 Å². The van der Waals surface area contributed by atoms with Crippen LogP contribution in [0.3, 0.4) is 0 Å². The van der Waals surface area contributed by atoms with Gasteiger partial charge in [0.05, 0.1) is 32.6 Å². The first-order valence-corrected chi connectivity index (χ1v) is 10.5. The lowest BCUT2D eigenvalue weighted by Gasteiger charge is -2.28. The fraction of sp³-hybridized carbons (Fsp3) is 0.591. The third-order valence-corrected chi connectivity index (χ3v) is 5.16. The lowest BCUT2D eigenvalue weighted by molar-refractivity contribution is 0.00445. The predicted octanol–water partition coefficient (Wildman–Crippen LogP) is 1.37. The van der Waals surface area contributed by atoms with Gasteiger partial charge in [-0.25, -0.2) is 0 Å². The second-order valence-electron chi connectivity index (χ2n) is 7.69. The minimum atomic E-state index is -0.552. The zero-order valence-electron chi connectivity index (χ0n) is 18.3. The highest BCUT2D eigenvalue weighted by Gasteiger charge is 2.16. The summed E-state index contributed by atoms with van der Waals surface area (Å²) in [6, 6.07) is 7.97. The molecule has 1 saturated heterocycles. The number of aryl methyl sites for hydroxylation is 2. The van der Waals surface area contributed by atoms with Gasteiger partial charge in [-0.15, -0.1) is 0 Å². The molecule has 8 nitrogen and oxygen atoms in total. The Bertz CT molecular complexity index is 789. The number of hydrogen-bond acceptors (Lipinski definition) is 7. The molecule has 2 N–H and O–H groups in total. The van der Waals surface area contributed by atoms with Gasteiger partial charge in [0.15, 0.2) is 11.5 Å². The quantitative estimate of drug-likeness (QED) is 0.534. The molecular weight excluding hydrogens is 384 g/mol. The Kier molecular flexibility index (Phi) is 8.50. The molecule has 0 radical (unpaired) electrons. The molecule has 1 aliphatic rings. The van der Waals surface area contributed by atoms with E-state index in [4.69, 9.17) is 14.2 Å². The van der Waals surface area contributed by atoms with Gasteiger partial charge in [-0.1, -0.05) is 6.07 Å². The van der Waals surface area contributed by atoms with Gasteiger partial charge in [-0.2, -0.15) is 5.10 Å². The molecule has 1 aromatic heterocycles. The fourth-order valence-electron chi connectivity index (χ4n) is 3.58. The van der Waals surface area contributed by atoms with Gasteiger partial charge in [0.1, 0.15) is 12.7 Å². The van der Waals surface area contributed by atoms with E-state index in [2.05, 4.69) is 28.3 Å². The topological polar surface area (TPSA) is 81.0 Å². The highest BCUT2D eigenvalue weighted by molar-refractivity contribution is 5.43. The van der Waals surface area contributed by atoms with E-state index in [1.54, 1.807) is 7.11 Å². The van der Waals surface area contributed by atoms with Crippen LogP contribution < -0.4 is 14.8 Å². The number of aliphatic hydroxyl groups excluding tert-OH is 1. The van der Waals surface area contributed by atoms with Crippen LogP contribution in [0.4, 0.5) is 0 Å². The molecule has 8 heteroatoms. The number of hydrogen-bond donors (Lipinski definition) is 2. The van der Waals surface area contributed by atoms with Gasteiger partial charge in [0, 0.05) is 38.4 Å². The molecule has 166 valence electrons. The fourth-order valence-corrected chi connectivity index (χ4v) is 3.58. The Morgan fingerprint density at radius 3 is 2.70 bits per heavy atom. The summed E-state index contributed by atoms with van der Waals surface area (Å²) in [6.07, 6.45) is -0.552. The number of nitrogens with one attached hydrogen (secondary N) is 1. The van der Waals surface area contributed by atoms with Crippen LogP contribution in [-0.4, -0.2) is 79.0 Å². The summed E-state index contributed by atoms with van der Waals surface area (Å²) in [6.45, 7) is 10.4. The van der Waals surface area contributed by atoms with Gasteiger partial charge >= 0.3 is 0 Å². The van der Waals surface area contributed by atoms with Crippen molar-refractivity contribution in [3.05, 3.63) is 41.2 Å². The summed E-state index contributed by atoms with van der Waals surface area (Å²) in [5.41, 5.74) is 3.33. The van der Waals surface area contributed by atoms with E-state index in [9.17, 15) is 5.11 Å². The lowest BCUT2D eigenvalue weighted by atomic mass is 10.2. The molecule has 0 amide bonds. The van der Waals surface area contributed by atoms with Crippen LogP contribution in [0.2, 0.25) is 0 Å². The molecule has 0 bridgehead atoms. The molecule has 0 aliphatic carbocycles. The third-order valence-electron chi connectivity index (χ3n) is 5.16. The Hall–Kier alpha value is -2.13. The van der Waals surface area contributed by atoms with E-state index in [0.29, 0.717) is 18.0 Å². The molecule has 30 heavy (non-hydrogen) atoms. The number of aromatic nitrogens is 2. The molecule has 2 heterocycles. The first kappa shape index (κ1) is 22.6. The van der Waals surface area contributed by atoms with Crippen molar-refractivity contribution in [2.45, 2.75) is 33.0 Å². The van der Waals surface area contributed by atoms with Gasteiger partial charge in [0.2, 0.25) is 0 Å². The van der Waals surface area contributed by atoms with Crippen molar-refractivity contribution in [1.82, 2.24) is 20.0 Å². The maximum Gasteiger partial charge on any atom is 0.161 e. The van der Waals surface area contributed by atoms with Crippen LogP contribution in [0.25, 0.3) is 0 Å². The zero-order valence-corrected chi connectivity index (χ0v) is 18.3. The maximum absolute atomic E-state index is 10.3. The van der Waals surface area contributed by atoms with Crippen molar-refractivity contribution in [1.29, 1.82) is 0 Å².